The number of benzene rings is 1. The minimum atomic E-state index is 0.609. The predicted octanol–water partition coefficient (Wildman–Crippen LogP) is 2.50. The standard InChI is InChI=1S/C11H9BrN4/c1-15-9(8-5-3-2-4-6-8)7-16-11(15)13-10(12)14-16/h2-7H,1H3. The van der Waals surface area contributed by atoms with Gasteiger partial charge in [-0.1, -0.05) is 30.3 Å². The van der Waals surface area contributed by atoms with E-state index in [2.05, 4.69) is 38.1 Å². The molecule has 0 aliphatic heterocycles. The number of imidazole rings is 1. The molecule has 3 aromatic rings. The first kappa shape index (κ1) is 9.59. The predicted molar refractivity (Wildman–Crippen MR) is 65.1 cm³/mol. The fourth-order valence-electron chi connectivity index (χ4n) is 1.79. The lowest BCUT2D eigenvalue weighted by molar-refractivity contribution is 0.921. The van der Waals surface area contributed by atoms with Gasteiger partial charge in [0.05, 0.1) is 11.9 Å². The lowest BCUT2D eigenvalue weighted by atomic mass is 10.2. The molecule has 0 aliphatic rings. The van der Waals surface area contributed by atoms with Crippen LogP contribution in [0.25, 0.3) is 17.0 Å². The van der Waals surface area contributed by atoms with Crippen molar-refractivity contribution in [1.82, 2.24) is 19.2 Å². The number of halogens is 1. The monoisotopic (exact) mass is 276 g/mol. The van der Waals surface area contributed by atoms with Gasteiger partial charge in [-0.25, -0.2) is 4.52 Å². The summed E-state index contributed by atoms with van der Waals surface area (Å²) < 4.78 is 4.40. The minimum Gasteiger partial charge on any atom is -0.311 e. The molecule has 2 heterocycles. The fourth-order valence-corrected chi connectivity index (χ4v) is 2.12. The second kappa shape index (κ2) is 3.45. The van der Waals surface area contributed by atoms with Crippen LogP contribution in [0.1, 0.15) is 0 Å². The lowest BCUT2D eigenvalue weighted by Crippen LogP contribution is -1.92. The van der Waals surface area contributed by atoms with Crippen LogP contribution in [-0.2, 0) is 7.05 Å². The highest BCUT2D eigenvalue weighted by Gasteiger charge is 2.10. The van der Waals surface area contributed by atoms with Gasteiger partial charge in [0.2, 0.25) is 10.5 Å². The van der Waals surface area contributed by atoms with Gasteiger partial charge in [0.1, 0.15) is 0 Å². The zero-order valence-corrected chi connectivity index (χ0v) is 10.2. The van der Waals surface area contributed by atoms with Crippen LogP contribution >= 0.6 is 15.9 Å². The average molecular weight is 277 g/mol. The minimum absolute atomic E-state index is 0.609. The molecule has 80 valence electrons. The first-order chi connectivity index (χ1) is 7.75. The molecule has 0 amide bonds. The van der Waals surface area contributed by atoms with E-state index in [9.17, 15) is 0 Å². The topological polar surface area (TPSA) is 35.1 Å². The highest BCUT2D eigenvalue weighted by atomic mass is 79.9. The van der Waals surface area contributed by atoms with Gasteiger partial charge < -0.3 is 4.57 Å². The molecule has 0 radical (unpaired) electrons. The smallest absolute Gasteiger partial charge is 0.233 e. The quantitative estimate of drug-likeness (QED) is 0.685. The van der Waals surface area contributed by atoms with E-state index in [1.54, 1.807) is 4.52 Å². The lowest BCUT2D eigenvalue weighted by Gasteiger charge is -2.00. The summed E-state index contributed by atoms with van der Waals surface area (Å²) in [7, 11) is 1.98. The first-order valence-electron chi connectivity index (χ1n) is 4.89. The zero-order chi connectivity index (χ0) is 11.1. The molecule has 0 unspecified atom stereocenters. The van der Waals surface area contributed by atoms with Gasteiger partial charge in [0.25, 0.3) is 0 Å². The Morgan fingerprint density at radius 1 is 1.19 bits per heavy atom. The van der Waals surface area contributed by atoms with Crippen molar-refractivity contribution in [3.63, 3.8) is 0 Å². The number of hydrogen-bond acceptors (Lipinski definition) is 2. The van der Waals surface area contributed by atoms with Crippen molar-refractivity contribution < 1.29 is 0 Å². The molecule has 0 aliphatic carbocycles. The third-order valence-electron chi connectivity index (χ3n) is 2.56. The summed E-state index contributed by atoms with van der Waals surface area (Å²) >= 11 is 3.26. The van der Waals surface area contributed by atoms with Gasteiger partial charge >= 0.3 is 0 Å². The Hall–Kier alpha value is -1.62. The third-order valence-corrected chi connectivity index (χ3v) is 2.90. The van der Waals surface area contributed by atoms with E-state index in [1.165, 1.54) is 0 Å². The van der Waals surface area contributed by atoms with Crippen molar-refractivity contribution in [2.75, 3.05) is 0 Å². The number of aryl methyl sites for hydroxylation is 1. The van der Waals surface area contributed by atoms with Crippen molar-refractivity contribution >= 4 is 21.7 Å². The summed E-state index contributed by atoms with van der Waals surface area (Å²) in [6.45, 7) is 0. The molecule has 2 aromatic heterocycles. The number of fused-ring (bicyclic) bond motifs is 1. The van der Waals surface area contributed by atoms with Gasteiger partial charge in [-0.2, -0.15) is 4.98 Å². The molecular formula is C11H9BrN4. The summed E-state index contributed by atoms with van der Waals surface area (Å²) in [4.78, 5) is 4.29. The molecule has 0 saturated heterocycles. The summed E-state index contributed by atoms with van der Waals surface area (Å²) in [5.74, 6) is 0.825. The summed E-state index contributed by atoms with van der Waals surface area (Å²) in [5, 5.41) is 4.22. The molecule has 0 bridgehead atoms. The highest BCUT2D eigenvalue weighted by Crippen LogP contribution is 2.21. The summed E-state index contributed by atoms with van der Waals surface area (Å²) in [5.41, 5.74) is 2.26. The summed E-state index contributed by atoms with van der Waals surface area (Å²) in [6, 6.07) is 10.2. The van der Waals surface area contributed by atoms with Crippen LogP contribution in [0, 0.1) is 0 Å². The molecule has 16 heavy (non-hydrogen) atoms. The molecule has 0 N–H and O–H groups in total. The van der Waals surface area contributed by atoms with Gasteiger partial charge in [0, 0.05) is 7.05 Å². The first-order valence-corrected chi connectivity index (χ1v) is 5.68. The van der Waals surface area contributed by atoms with E-state index >= 15 is 0 Å². The third kappa shape index (κ3) is 1.36. The fraction of sp³-hybridized carbons (Fsp3) is 0.0909. The Morgan fingerprint density at radius 3 is 2.62 bits per heavy atom. The molecule has 0 atom stereocenters. The van der Waals surface area contributed by atoms with Gasteiger partial charge in [-0.15, -0.1) is 5.10 Å². The largest absolute Gasteiger partial charge is 0.311 e. The number of rotatable bonds is 1. The Morgan fingerprint density at radius 2 is 1.94 bits per heavy atom. The van der Waals surface area contributed by atoms with Crippen molar-refractivity contribution in [3.05, 3.63) is 41.3 Å². The number of nitrogens with zero attached hydrogens (tertiary/aromatic N) is 4. The molecule has 4 nitrogen and oxygen atoms in total. The molecule has 1 aromatic carbocycles. The maximum atomic E-state index is 4.29. The van der Waals surface area contributed by atoms with Gasteiger partial charge in [-0.05, 0) is 21.5 Å². The highest BCUT2D eigenvalue weighted by molar-refractivity contribution is 9.10. The van der Waals surface area contributed by atoms with Crippen LogP contribution in [0.3, 0.4) is 0 Å². The normalized spacial score (nSPS) is 11.1. The van der Waals surface area contributed by atoms with Crippen LogP contribution < -0.4 is 0 Å². The Bertz CT molecular complexity index is 639. The van der Waals surface area contributed by atoms with Gasteiger partial charge in [-0.3, -0.25) is 0 Å². The van der Waals surface area contributed by atoms with Crippen molar-refractivity contribution in [1.29, 1.82) is 0 Å². The zero-order valence-electron chi connectivity index (χ0n) is 8.63. The molecule has 0 spiro atoms. The van der Waals surface area contributed by atoms with E-state index in [0.717, 1.165) is 17.0 Å². The second-order valence-corrected chi connectivity index (χ2v) is 4.27. The number of hydrogen-bond donors (Lipinski definition) is 0. The van der Waals surface area contributed by atoms with E-state index < -0.39 is 0 Å². The van der Waals surface area contributed by atoms with E-state index in [-0.39, 0.29) is 0 Å². The molecule has 5 heteroatoms. The maximum Gasteiger partial charge on any atom is 0.233 e. The maximum absolute atomic E-state index is 4.29. The van der Waals surface area contributed by atoms with Crippen LogP contribution in [-0.4, -0.2) is 19.2 Å². The van der Waals surface area contributed by atoms with Crippen LogP contribution in [0.4, 0.5) is 0 Å². The molecule has 0 saturated carbocycles. The molecular weight excluding hydrogens is 268 g/mol. The van der Waals surface area contributed by atoms with Crippen molar-refractivity contribution in [2.24, 2.45) is 7.05 Å². The van der Waals surface area contributed by atoms with Crippen molar-refractivity contribution in [2.45, 2.75) is 0 Å². The Balaban J connectivity index is 2.25. The average Bonchev–Trinajstić information content (AvgIpc) is 2.79. The van der Waals surface area contributed by atoms with Gasteiger partial charge in [0.15, 0.2) is 0 Å². The van der Waals surface area contributed by atoms with Crippen molar-refractivity contribution in [3.8, 4) is 11.3 Å². The van der Waals surface area contributed by atoms with Crippen LogP contribution in [0.5, 0.6) is 0 Å². The SMILES string of the molecule is Cn1c(-c2ccccc2)cn2nc(Br)nc12. The molecule has 0 fully saturated rings. The second-order valence-electron chi connectivity index (χ2n) is 3.56. The van der Waals surface area contributed by atoms with Crippen LogP contribution in [0.2, 0.25) is 0 Å². The molecule has 3 rings (SSSR count). The summed E-state index contributed by atoms with van der Waals surface area (Å²) in [6.07, 6.45) is 1.97. The van der Waals surface area contributed by atoms with E-state index in [0.29, 0.717) is 4.73 Å². The Kier molecular flexibility index (Phi) is 2.07. The number of aromatic nitrogens is 4. The van der Waals surface area contributed by atoms with Crippen LogP contribution in [0.15, 0.2) is 41.3 Å². The van der Waals surface area contributed by atoms with E-state index in [4.69, 9.17) is 0 Å². The Labute approximate surface area is 101 Å². The van der Waals surface area contributed by atoms with E-state index in [1.807, 2.05) is 36.0 Å².